The summed E-state index contributed by atoms with van der Waals surface area (Å²) in [4.78, 5) is 12.1. The highest BCUT2D eigenvalue weighted by molar-refractivity contribution is 5.90. The number of ether oxygens (including phenoxy) is 1. The van der Waals surface area contributed by atoms with Crippen molar-refractivity contribution in [2.45, 2.75) is 38.6 Å². The van der Waals surface area contributed by atoms with Gasteiger partial charge in [-0.3, -0.25) is 0 Å². The molecular formula is C18H25N5O2. The molecule has 1 aromatic carbocycles. The first-order chi connectivity index (χ1) is 12.1. The third kappa shape index (κ3) is 4.57. The fourth-order valence-corrected chi connectivity index (χ4v) is 2.92. The summed E-state index contributed by atoms with van der Waals surface area (Å²) in [5.41, 5.74) is 2.84. The van der Waals surface area contributed by atoms with E-state index in [4.69, 9.17) is 4.74 Å². The van der Waals surface area contributed by atoms with Crippen LogP contribution in [0.1, 0.15) is 43.5 Å². The highest BCUT2D eigenvalue weighted by Gasteiger charge is 2.18. The van der Waals surface area contributed by atoms with Crippen LogP contribution in [0.25, 0.3) is 0 Å². The summed E-state index contributed by atoms with van der Waals surface area (Å²) in [6.45, 7) is 6.20. The zero-order valence-corrected chi connectivity index (χ0v) is 14.7. The standard InChI is InChI=1S/C18H25N5O2/c1-13(2)16-5-3-4-6-17(16)20-18(24)19-9-7-14-11-23(22-21-14)15-8-10-25-12-15/h3-6,11,13,15H,7-10,12H2,1-2H3,(H2,19,20,24). The fraction of sp³-hybridized carbons (Fsp3) is 0.500. The van der Waals surface area contributed by atoms with Gasteiger partial charge < -0.3 is 15.4 Å². The van der Waals surface area contributed by atoms with Crippen molar-refractivity contribution in [2.75, 3.05) is 25.1 Å². The molecular weight excluding hydrogens is 318 g/mol. The van der Waals surface area contributed by atoms with Crippen LogP contribution in [0.15, 0.2) is 30.5 Å². The van der Waals surface area contributed by atoms with Crippen molar-refractivity contribution in [3.8, 4) is 0 Å². The Balaban J connectivity index is 1.47. The monoisotopic (exact) mass is 343 g/mol. The third-order valence-electron chi connectivity index (χ3n) is 4.34. The Labute approximate surface area is 147 Å². The lowest BCUT2D eigenvalue weighted by atomic mass is 10.0. The number of carbonyl (C=O) groups is 1. The van der Waals surface area contributed by atoms with E-state index in [1.807, 2.05) is 35.1 Å². The van der Waals surface area contributed by atoms with E-state index in [1.54, 1.807) is 0 Å². The van der Waals surface area contributed by atoms with Crippen molar-refractivity contribution in [1.29, 1.82) is 0 Å². The number of carbonyl (C=O) groups excluding carboxylic acids is 1. The number of aromatic nitrogens is 3. The second-order valence-corrected chi connectivity index (χ2v) is 6.58. The van der Waals surface area contributed by atoms with Crippen LogP contribution in [0.3, 0.4) is 0 Å². The third-order valence-corrected chi connectivity index (χ3v) is 4.34. The number of hydrogen-bond acceptors (Lipinski definition) is 4. The second-order valence-electron chi connectivity index (χ2n) is 6.58. The molecule has 2 N–H and O–H groups in total. The zero-order valence-electron chi connectivity index (χ0n) is 14.7. The minimum absolute atomic E-state index is 0.204. The summed E-state index contributed by atoms with van der Waals surface area (Å²) in [5.74, 6) is 0.353. The molecule has 0 aliphatic carbocycles. The van der Waals surface area contributed by atoms with Gasteiger partial charge in [-0.05, 0) is 24.0 Å². The normalized spacial score (nSPS) is 17.0. The van der Waals surface area contributed by atoms with Gasteiger partial charge in [0.1, 0.15) is 0 Å². The van der Waals surface area contributed by atoms with E-state index >= 15 is 0 Å². The van der Waals surface area contributed by atoms with Gasteiger partial charge in [-0.2, -0.15) is 0 Å². The van der Waals surface area contributed by atoms with Crippen LogP contribution < -0.4 is 10.6 Å². The summed E-state index contributed by atoms with van der Waals surface area (Å²) >= 11 is 0. The first-order valence-electron chi connectivity index (χ1n) is 8.75. The Hall–Kier alpha value is -2.41. The molecule has 1 saturated heterocycles. The quantitative estimate of drug-likeness (QED) is 0.845. The maximum absolute atomic E-state index is 12.1. The highest BCUT2D eigenvalue weighted by Crippen LogP contribution is 2.23. The largest absolute Gasteiger partial charge is 0.379 e. The average molecular weight is 343 g/mol. The van der Waals surface area contributed by atoms with Gasteiger partial charge in [0.05, 0.1) is 18.3 Å². The Bertz CT molecular complexity index is 707. The molecule has 1 fully saturated rings. The number of nitrogens with zero attached hydrogens (tertiary/aromatic N) is 3. The van der Waals surface area contributed by atoms with E-state index < -0.39 is 0 Å². The zero-order chi connectivity index (χ0) is 17.6. The number of rotatable bonds is 6. The molecule has 0 radical (unpaired) electrons. The number of para-hydroxylation sites is 1. The van der Waals surface area contributed by atoms with Gasteiger partial charge in [0.15, 0.2) is 0 Å². The lowest BCUT2D eigenvalue weighted by Crippen LogP contribution is -2.30. The number of nitrogens with one attached hydrogen (secondary N) is 2. The van der Waals surface area contributed by atoms with Crippen LogP contribution in [-0.2, 0) is 11.2 Å². The van der Waals surface area contributed by atoms with Crippen LogP contribution in [0.4, 0.5) is 10.5 Å². The lowest BCUT2D eigenvalue weighted by Gasteiger charge is -2.14. The molecule has 2 amide bonds. The molecule has 134 valence electrons. The van der Waals surface area contributed by atoms with E-state index in [9.17, 15) is 4.79 Å². The molecule has 3 rings (SSSR count). The van der Waals surface area contributed by atoms with Crippen molar-refractivity contribution in [3.63, 3.8) is 0 Å². The van der Waals surface area contributed by atoms with E-state index in [2.05, 4.69) is 34.8 Å². The van der Waals surface area contributed by atoms with Crippen molar-refractivity contribution in [1.82, 2.24) is 20.3 Å². The molecule has 1 unspecified atom stereocenters. The van der Waals surface area contributed by atoms with Gasteiger partial charge >= 0.3 is 6.03 Å². The minimum Gasteiger partial charge on any atom is -0.379 e. The molecule has 1 atom stereocenters. The van der Waals surface area contributed by atoms with Crippen molar-refractivity contribution in [2.24, 2.45) is 0 Å². The molecule has 0 bridgehead atoms. The molecule has 7 nitrogen and oxygen atoms in total. The average Bonchev–Trinajstić information content (AvgIpc) is 3.26. The molecule has 2 heterocycles. The molecule has 1 aromatic heterocycles. The Morgan fingerprint density at radius 2 is 2.24 bits per heavy atom. The maximum atomic E-state index is 12.1. The fourth-order valence-electron chi connectivity index (χ4n) is 2.92. The molecule has 1 aliphatic heterocycles. The SMILES string of the molecule is CC(C)c1ccccc1NC(=O)NCCc1cn(C2CCOC2)nn1. The molecule has 1 aliphatic rings. The van der Waals surface area contributed by atoms with Crippen molar-refractivity contribution >= 4 is 11.7 Å². The first kappa shape index (κ1) is 17.4. The smallest absolute Gasteiger partial charge is 0.319 e. The summed E-state index contributed by atoms with van der Waals surface area (Å²) in [5, 5.41) is 14.1. The number of amides is 2. The van der Waals surface area contributed by atoms with Crippen LogP contribution in [0.5, 0.6) is 0 Å². The predicted molar refractivity (Wildman–Crippen MR) is 95.8 cm³/mol. The van der Waals surface area contributed by atoms with Gasteiger partial charge in [-0.25, -0.2) is 9.48 Å². The maximum Gasteiger partial charge on any atom is 0.319 e. The molecule has 0 saturated carbocycles. The van der Waals surface area contributed by atoms with Crippen LogP contribution >= 0.6 is 0 Å². The Morgan fingerprint density at radius 1 is 1.40 bits per heavy atom. The Morgan fingerprint density at radius 3 is 3.00 bits per heavy atom. The van der Waals surface area contributed by atoms with Gasteiger partial charge in [0.2, 0.25) is 0 Å². The summed E-state index contributed by atoms with van der Waals surface area (Å²) in [6.07, 6.45) is 3.55. The molecule has 25 heavy (non-hydrogen) atoms. The van der Waals surface area contributed by atoms with Gasteiger partial charge in [0.25, 0.3) is 0 Å². The van der Waals surface area contributed by atoms with Gasteiger partial charge in [-0.15, -0.1) is 5.10 Å². The lowest BCUT2D eigenvalue weighted by molar-refractivity contribution is 0.184. The predicted octanol–water partition coefficient (Wildman–Crippen LogP) is 2.73. The van der Waals surface area contributed by atoms with Crippen LogP contribution in [-0.4, -0.2) is 40.8 Å². The summed E-state index contributed by atoms with van der Waals surface area (Å²) in [7, 11) is 0. The van der Waals surface area contributed by atoms with Crippen molar-refractivity contribution < 1.29 is 9.53 Å². The molecule has 0 spiro atoms. The second kappa shape index (κ2) is 8.11. The van der Waals surface area contributed by atoms with Crippen LogP contribution in [0, 0.1) is 0 Å². The summed E-state index contributed by atoms with van der Waals surface area (Å²) < 4.78 is 7.22. The summed E-state index contributed by atoms with van der Waals surface area (Å²) in [6, 6.07) is 7.94. The van der Waals surface area contributed by atoms with Crippen molar-refractivity contribution in [3.05, 3.63) is 41.7 Å². The van der Waals surface area contributed by atoms with E-state index in [1.165, 1.54) is 0 Å². The topological polar surface area (TPSA) is 81.1 Å². The van der Waals surface area contributed by atoms with Crippen LogP contribution in [0.2, 0.25) is 0 Å². The van der Waals surface area contributed by atoms with Gasteiger partial charge in [-0.1, -0.05) is 37.3 Å². The van der Waals surface area contributed by atoms with Gasteiger partial charge in [0, 0.05) is 31.5 Å². The Kier molecular flexibility index (Phi) is 5.65. The first-order valence-corrected chi connectivity index (χ1v) is 8.75. The number of benzene rings is 1. The molecule has 2 aromatic rings. The van der Waals surface area contributed by atoms with E-state index in [0.29, 0.717) is 25.5 Å². The minimum atomic E-state index is -0.204. The van der Waals surface area contributed by atoms with E-state index in [-0.39, 0.29) is 12.1 Å². The highest BCUT2D eigenvalue weighted by atomic mass is 16.5. The number of anilines is 1. The van der Waals surface area contributed by atoms with E-state index in [0.717, 1.165) is 30.0 Å². The molecule has 7 heteroatoms. The number of urea groups is 1. The number of hydrogen-bond donors (Lipinski definition) is 2.